The third-order valence-corrected chi connectivity index (χ3v) is 3.27. The van der Waals surface area contributed by atoms with Gasteiger partial charge < -0.3 is 10.6 Å². The molecule has 0 saturated carbocycles. The van der Waals surface area contributed by atoms with Gasteiger partial charge in [0.2, 0.25) is 0 Å². The summed E-state index contributed by atoms with van der Waals surface area (Å²) in [4.78, 5) is 20.3. The molecule has 0 spiro atoms. The highest BCUT2D eigenvalue weighted by atomic mass is 19.1. The van der Waals surface area contributed by atoms with Gasteiger partial charge in [-0.3, -0.25) is 4.79 Å². The first-order chi connectivity index (χ1) is 12.1. The fourth-order valence-electron chi connectivity index (χ4n) is 2.09. The van der Waals surface area contributed by atoms with Crippen LogP contribution in [-0.2, 0) is 0 Å². The summed E-state index contributed by atoms with van der Waals surface area (Å²) in [6.07, 6.45) is 1.26. The van der Waals surface area contributed by atoms with Gasteiger partial charge in [-0.05, 0) is 42.5 Å². The molecule has 0 aliphatic rings. The molecule has 3 rings (SSSR count). The molecule has 0 fully saturated rings. The van der Waals surface area contributed by atoms with Crippen LogP contribution >= 0.6 is 0 Å². The van der Waals surface area contributed by atoms with E-state index in [-0.39, 0.29) is 11.5 Å². The van der Waals surface area contributed by atoms with Crippen molar-refractivity contribution in [2.75, 3.05) is 10.6 Å². The summed E-state index contributed by atoms with van der Waals surface area (Å²) in [6, 6.07) is 15.8. The maximum Gasteiger partial charge on any atom is 0.274 e. The molecular formula is C18H12FN5O. The Morgan fingerprint density at radius 1 is 1.04 bits per heavy atom. The number of halogens is 1. The molecule has 1 heterocycles. The van der Waals surface area contributed by atoms with Crippen LogP contribution in [0, 0.1) is 17.1 Å². The summed E-state index contributed by atoms with van der Waals surface area (Å²) >= 11 is 0. The second-order valence-electron chi connectivity index (χ2n) is 5.07. The number of hydrogen-bond donors (Lipinski definition) is 2. The van der Waals surface area contributed by atoms with Crippen molar-refractivity contribution in [1.29, 1.82) is 5.26 Å². The van der Waals surface area contributed by atoms with Crippen LogP contribution in [0.1, 0.15) is 16.1 Å². The van der Waals surface area contributed by atoms with Crippen LogP contribution < -0.4 is 10.6 Å². The molecule has 1 aromatic heterocycles. The van der Waals surface area contributed by atoms with Crippen LogP contribution in [0.5, 0.6) is 0 Å². The average Bonchev–Trinajstić information content (AvgIpc) is 2.64. The van der Waals surface area contributed by atoms with E-state index >= 15 is 0 Å². The lowest BCUT2D eigenvalue weighted by atomic mass is 10.2. The van der Waals surface area contributed by atoms with Gasteiger partial charge in [-0.25, -0.2) is 14.4 Å². The Labute approximate surface area is 143 Å². The first kappa shape index (κ1) is 16.1. The molecule has 7 heteroatoms. The number of anilines is 3. The molecule has 2 N–H and O–H groups in total. The van der Waals surface area contributed by atoms with Gasteiger partial charge in [-0.15, -0.1) is 0 Å². The summed E-state index contributed by atoms with van der Waals surface area (Å²) in [7, 11) is 0. The zero-order valence-corrected chi connectivity index (χ0v) is 12.9. The van der Waals surface area contributed by atoms with E-state index < -0.39 is 5.91 Å². The van der Waals surface area contributed by atoms with E-state index in [1.165, 1.54) is 24.5 Å². The van der Waals surface area contributed by atoms with E-state index in [1.807, 2.05) is 6.07 Å². The molecule has 3 aromatic rings. The van der Waals surface area contributed by atoms with Crippen LogP contribution in [0.3, 0.4) is 0 Å². The summed E-state index contributed by atoms with van der Waals surface area (Å²) < 4.78 is 12.9. The number of hydrogen-bond acceptors (Lipinski definition) is 5. The number of carbonyl (C=O) groups excluding carboxylic acids is 1. The highest BCUT2D eigenvalue weighted by molar-refractivity contribution is 6.03. The number of nitriles is 1. The quantitative estimate of drug-likeness (QED) is 0.763. The molecule has 25 heavy (non-hydrogen) atoms. The molecule has 2 aromatic carbocycles. The molecule has 0 atom stereocenters. The van der Waals surface area contributed by atoms with Crippen molar-refractivity contribution < 1.29 is 9.18 Å². The fraction of sp³-hybridized carbons (Fsp3) is 0. The van der Waals surface area contributed by atoms with Crippen LogP contribution in [0.25, 0.3) is 0 Å². The number of nitrogens with one attached hydrogen (secondary N) is 2. The Kier molecular flexibility index (Phi) is 4.62. The maximum atomic E-state index is 12.9. The summed E-state index contributed by atoms with van der Waals surface area (Å²) in [5.41, 5.74) is 1.73. The zero-order chi connectivity index (χ0) is 17.6. The van der Waals surface area contributed by atoms with E-state index in [0.717, 1.165) is 0 Å². The summed E-state index contributed by atoms with van der Waals surface area (Å²) in [5, 5.41) is 14.5. The molecule has 0 radical (unpaired) electrons. The Morgan fingerprint density at radius 2 is 1.84 bits per heavy atom. The van der Waals surface area contributed by atoms with Gasteiger partial charge in [0.1, 0.15) is 23.7 Å². The van der Waals surface area contributed by atoms with Crippen molar-refractivity contribution in [3.05, 3.63) is 78.0 Å². The second kappa shape index (κ2) is 7.19. The third-order valence-electron chi connectivity index (χ3n) is 3.27. The lowest BCUT2D eigenvalue weighted by Gasteiger charge is -2.08. The molecule has 122 valence electrons. The average molecular weight is 333 g/mol. The molecular weight excluding hydrogens is 321 g/mol. The lowest BCUT2D eigenvalue weighted by Crippen LogP contribution is -2.14. The van der Waals surface area contributed by atoms with E-state index in [4.69, 9.17) is 5.26 Å². The third kappa shape index (κ3) is 4.14. The monoisotopic (exact) mass is 333 g/mol. The van der Waals surface area contributed by atoms with Gasteiger partial charge in [0, 0.05) is 17.4 Å². The molecule has 0 aliphatic heterocycles. The van der Waals surface area contributed by atoms with Crippen LogP contribution in [0.2, 0.25) is 0 Å². The highest BCUT2D eigenvalue weighted by Crippen LogP contribution is 2.16. The number of amides is 1. The Morgan fingerprint density at radius 3 is 2.60 bits per heavy atom. The van der Waals surface area contributed by atoms with Gasteiger partial charge >= 0.3 is 0 Å². The van der Waals surface area contributed by atoms with Crippen molar-refractivity contribution in [1.82, 2.24) is 9.97 Å². The van der Waals surface area contributed by atoms with Gasteiger partial charge in [0.25, 0.3) is 5.91 Å². The number of carbonyl (C=O) groups is 1. The smallest absolute Gasteiger partial charge is 0.274 e. The molecule has 0 unspecified atom stereocenters. The van der Waals surface area contributed by atoms with Crippen molar-refractivity contribution in [2.45, 2.75) is 0 Å². The fourth-order valence-corrected chi connectivity index (χ4v) is 2.09. The van der Waals surface area contributed by atoms with Crippen molar-refractivity contribution in [2.24, 2.45) is 0 Å². The zero-order valence-electron chi connectivity index (χ0n) is 12.9. The van der Waals surface area contributed by atoms with Crippen LogP contribution in [0.4, 0.5) is 21.6 Å². The standard InChI is InChI=1S/C18H12FN5O/c19-13-4-6-14(7-5-13)23-17-9-16(21-11-22-17)18(25)24-15-3-1-2-12(8-15)10-20/h1-9,11H,(H,24,25)(H,21,22,23). The summed E-state index contributed by atoms with van der Waals surface area (Å²) in [6.45, 7) is 0. The number of aromatic nitrogens is 2. The first-order valence-electron chi connectivity index (χ1n) is 7.30. The van der Waals surface area contributed by atoms with Gasteiger partial charge in [-0.2, -0.15) is 5.26 Å². The van der Waals surface area contributed by atoms with Crippen LogP contribution in [0.15, 0.2) is 60.9 Å². The topological polar surface area (TPSA) is 90.7 Å². The Balaban J connectivity index is 1.75. The molecule has 0 aliphatic carbocycles. The SMILES string of the molecule is N#Cc1cccc(NC(=O)c2cc(Nc3ccc(F)cc3)ncn2)c1. The van der Waals surface area contributed by atoms with Crippen molar-refractivity contribution in [3.8, 4) is 6.07 Å². The van der Waals surface area contributed by atoms with Crippen molar-refractivity contribution in [3.63, 3.8) is 0 Å². The minimum absolute atomic E-state index is 0.155. The minimum atomic E-state index is -0.431. The Bertz CT molecular complexity index is 950. The minimum Gasteiger partial charge on any atom is -0.340 e. The number of nitrogens with zero attached hydrogens (tertiary/aromatic N) is 3. The number of rotatable bonds is 4. The highest BCUT2D eigenvalue weighted by Gasteiger charge is 2.10. The van der Waals surface area contributed by atoms with Gasteiger partial charge in [0.15, 0.2) is 0 Å². The van der Waals surface area contributed by atoms with Gasteiger partial charge in [-0.1, -0.05) is 6.07 Å². The molecule has 0 saturated heterocycles. The predicted molar refractivity (Wildman–Crippen MR) is 90.8 cm³/mol. The molecule has 1 amide bonds. The normalized spacial score (nSPS) is 9.92. The summed E-state index contributed by atoms with van der Waals surface area (Å²) in [5.74, 6) is -0.370. The predicted octanol–water partition coefficient (Wildman–Crippen LogP) is 3.48. The van der Waals surface area contributed by atoms with Gasteiger partial charge in [0.05, 0.1) is 11.6 Å². The molecule has 6 nitrogen and oxygen atoms in total. The van der Waals surface area contributed by atoms with E-state index in [2.05, 4.69) is 20.6 Å². The van der Waals surface area contributed by atoms with Crippen LogP contribution in [-0.4, -0.2) is 15.9 Å². The molecule has 0 bridgehead atoms. The second-order valence-corrected chi connectivity index (χ2v) is 5.07. The lowest BCUT2D eigenvalue weighted by molar-refractivity contribution is 0.102. The maximum absolute atomic E-state index is 12.9. The van der Waals surface area contributed by atoms with E-state index in [9.17, 15) is 9.18 Å². The van der Waals surface area contributed by atoms with Crippen molar-refractivity contribution >= 4 is 23.1 Å². The largest absolute Gasteiger partial charge is 0.340 e. The number of benzene rings is 2. The van der Waals surface area contributed by atoms with E-state index in [0.29, 0.717) is 22.8 Å². The first-order valence-corrected chi connectivity index (χ1v) is 7.30. The Hall–Kier alpha value is -3.79. The van der Waals surface area contributed by atoms with E-state index in [1.54, 1.807) is 36.4 Å².